The van der Waals surface area contributed by atoms with Gasteiger partial charge in [-0.05, 0) is 19.4 Å². The SMILES string of the molecule is C=C/C(=C\CC(C)OC(C)=O)C(C)O.CC. The molecule has 0 saturated heterocycles. The predicted molar refractivity (Wildman–Crippen MR) is 67.2 cm³/mol. The Kier molecular flexibility index (Phi) is 11.3. The monoisotopic (exact) mass is 228 g/mol. The van der Waals surface area contributed by atoms with E-state index >= 15 is 0 Å². The molecule has 2 atom stereocenters. The predicted octanol–water partition coefficient (Wildman–Crippen LogP) is 2.85. The molecule has 1 N–H and O–H groups in total. The van der Waals surface area contributed by atoms with E-state index in [-0.39, 0.29) is 12.1 Å². The van der Waals surface area contributed by atoms with Crippen LogP contribution in [0.2, 0.25) is 0 Å². The maximum absolute atomic E-state index is 10.6. The Balaban J connectivity index is 0. The van der Waals surface area contributed by atoms with Crippen LogP contribution in [-0.2, 0) is 9.53 Å². The van der Waals surface area contributed by atoms with E-state index < -0.39 is 6.10 Å². The number of carbonyl (C=O) groups excluding carboxylic acids is 1. The van der Waals surface area contributed by atoms with Crippen molar-refractivity contribution >= 4 is 5.97 Å². The number of esters is 1. The third kappa shape index (κ3) is 9.46. The van der Waals surface area contributed by atoms with Crippen LogP contribution in [0.25, 0.3) is 0 Å². The summed E-state index contributed by atoms with van der Waals surface area (Å²) in [5.41, 5.74) is 0.754. The number of hydrogen-bond acceptors (Lipinski definition) is 3. The first-order valence-corrected chi connectivity index (χ1v) is 5.65. The summed E-state index contributed by atoms with van der Waals surface area (Å²) < 4.78 is 4.93. The van der Waals surface area contributed by atoms with Crippen molar-refractivity contribution in [1.29, 1.82) is 0 Å². The molecule has 0 saturated carbocycles. The highest BCUT2D eigenvalue weighted by Crippen LogP contribution is 2.07. The van der Waals surface area contributed by atoms with Gasteiger partial charge in [-0.25, -0.2) is 0 Å². The summed E-state index contributed by atoms with van der Waals surface area (Å²) in [5, 5.41) is 9.26. The van der Waals surface area contributed by atoms with Crippen LogP contribution in [0.15, 0.2) is 24.3 Å². The van der Waals surface area contributed by atoms with Gasteiger partial charge in [0.25, 0.3) is 0 Å². The average Bonchev–Trinajstić information content (AvgIpc) is 2.20. The summed E-state index contributed by atoms with van der Waals surface area (Å²) in [6.45, 7) is 12.4. The first-order chi connectivity index (χ1) is 7.47. The Hall–Kier alpha value is -1.09. The van der Waals surface area contributed by atoms with Gasteiger partial charge in [0.05, 0.1) is 6.10 Å². The molecule has 2 unspecified atom stereocenters. The van der Waals surface area contributed by atoms with Gasteiger partial charge in [0.15, 0.2) is 0 Å². The summed E-state index contributed by atoms with van der Waals surface area (Å²) in [5.74, 6) is -0.289. The van der Waals surface area contributed by atoms with Gasteiger partial charge >= 0.3 is 5.97 Å². The molecule has 3 heteroatoms. The first-order valence-electron chi connectivity index (χ1n) is 5.65. The summed E-state index contributed by atoms with van der Waals surface area (Å²) in [7, 11) is 0. The Morgan fingerprint density at radius 2 is 1.94 bits per heavy atom. The molecule has 0 aliphatic carbocycles. The normalized spacial score (nSPS) is 14.2. The minimum Gasteiger partial charge on any atom is -0.463 e. The molecule has 0 aromatic rings. The highest BCUT2D eigenvalue weighted by atomic mass is 16.5. The Labute approximate surface area is 98.8 Å². The number of aliphatic hydroxyl groups excluding tert-OH is 1. The van der Waals surface area contributed by atoms with Crippen molar-refractivity contribution in [2.24, 2.45) is 0 Å². The molecular weight excluding hydrogens is 204 g/mol. The number of rotatable bonds is 5. The van der Waals surface area contributed by atoms with Gasteiger partial charge in [0.2, 0.25) is 0 Å². The van der Waals surface area contributed by atoms with Gasteiger partial charge in [-0.3, -0.25) is 4.79 Å². The third-order valence-electron chi connectivity index (χ3n) is 1.77. The van der Waals surface area contributed by atoms with Crippen molar-refractivity contribution < 1.29 is 14.6 Å². The first kappa shape index (κ1) is 17.3. The molecule has 94 valence electrons. The Morgan fingerprint density at radius 1 is 1.44 bits per heavy atom. The van der Waals surface area contributed by atoms with E-state index in [2.05, 4.69) is 6.58 Å². The van der Waals surface area contributed by atoms with E-state index in [0.717, 1.165) is 5.57 Å². The highest BCUT2D eigenvalue weighted by Gasteiger charge is 2.05. The summed E-state index contributed by atoms with van der Waals surface area (Å²) in [6.07, 6.45) is 3.32. The second kappa shape index (κ2) is 10.4. The molecule has 0 aliphatic rings. The summed E-state index contributed by atoms with van der Waals surface area (Å²) in [4.78, 5) is 10.6. The maximum atomic E-state index is 10.6. The minimum atomic E-state index is -0.531. The van der Waals surface area contributed by atoms with Gasteiger partial charge in [-0.15, -0.1) is 0 Å². The van der Waals surface area contributed by atoms with Crippen LogP contribution < -0.4 is 0 Å². The second-order valence-corrected chi connectivity index (χ2v) is 3.24. The third-order valence-corrected chi connectivity index (χ3v) is 1.77. The van der Waals surface area contributed by atoms with E-state index in [4.69, 9.17) is 4.74 Å². The van der Waals surface area contributed by atoms with Gasteiger partial charge < -0.3 is 9.84 Å². The largest absolute Gasteiger partial charge is 0.463 e. The lowest BCUT2D eigenvalue weighted by atomic mass is 10.1. The van der Waals surface area contributed by atoms with Crippen LogP contribution in [0, 0.1) is 0 Å². The molecule has 0 amide bonds. The lowest BCUT2D eigenvalue weighted by Gasteiger charge is -2.10. The smallest absolute Gasteiger partial charge is 0.302 e. The molecule has 0 heterocycles. The fourth-order valence-electron chi connectivity index (χ4n) is 1.06. The van der Waals surface area contributed by atoms with E-state index in [9.17, 15) is 9.90 Å². The van der Waals surface area contributed by atoms with Crippen LogP contribution in [0.3, 0.4) is 0 Å². The zero-order valence-electron chi connectivity index (χ0n) is 11.0. The van der Waals surface area contributed by atoms with Crippen molar-refractivity contribution in [2.45, 2.75) is 53.2 Å². The van der Waals surface area contributed by atoms with Crippen LogP contribution >= 0.6 is 0 Å². The molecular formula is C13H24O3. The molecule has 0 aliphatic heterocycles. The lowest BCUT2D eigenvalue weighted by Crippen LogP contribution is -2.12. The van der Waals surface area contributed by atoms with Crippen molar-refractivity contribution in [2.75, 3.05) is 0 Å². The fourth-order valence-corrected chi connectivity index (χ4v) is 1.06. The van der Waals surface area contributed by atoms with Crippen LogP contribution in [0.4, 0.5) is 0 Å². The molecule has 0 radical (unpaired) electrons. The molecule has 0 fully saturated rings. The van der Waals surface area contributed by atoms with Crippen LogP contribution in [-0.4, -0.2) is 23.3 Å². The zero-order chi connectivity index (χ0) is 13.1. The van der Waals surface area contributed by atoms with Crippen molar-refractivity contribution in [3.8, 4) is 0 Å². The molecule has 3 nitrogen and oxygen atoms in total. The number of ether oxygens (including phenoxy) is 1. The van der Waals surface area contributed by atoms with Gasteiger partial charge in [-0.1, -0.05) is 32.6 Å². The molecule has 0 rings (SSSR count). The summed E-state index contributed by atoms with van der Waals surface area (Å²) in [6, 6.07) is 0. The van der Waals surface area contributed by atoms with Crippen LogP contribution in [0.5, 0.6) is 0 Å². The number of carbonyl (C=O) groups is 1. The van der Waals surface area contributed by atoms with Gasteiger partial charge in [0.1, 0.15) is 6.10 Å². The molecule has 16 heavy (non-hydrogen) atoms. The quantitative estimate of drug-likeness (QED) is 0.581. The van der Waals surface area contributed by atoms with E-state index in [1.807, 2.05) is 19.9 Å². The number of hydrogen-bond donors (Lipinski definition) is 1. The fraction of sp³-hybridized carbons (Fsp3) is 0.615. The van der Waals surface area contributed by atoms with E-state index in [1.54, 1.807) is 19.9 Å². The average molecular weight is 228 g/mol. The van der Waals surface area contributed by atoms with E-state index in [1.165, 1.54) is 6.92 Å². The summed E-state index contributed by atoms with van der Waals surface area (Å²) >= 11 is 0. The van der Waals surface area contributed by atoms with Gasteiger partial charge in [-0.2, -0.15) is 0 Å². The van der Waals surface area contributed by atoms with Gasteiger partial charge in [0, 0.05) is 13.3 Å². The van der Waals surface area contributed by atoms with Crippen molar-refractivity contribution in [3.05, 3.63) is 24.3 Å². The minimum absolute atomic E-state index is 0.166. The lowest BCUT2D eigenvalue weighted by molar-refractivity contribution is -0.145. The topological polar surface area (TPSA) is 46.5 Å². The number of aliphatic hydroxyl groups is 1. The van der Waals surface area contributed by atoms with E-state index in [0.29, 0.717) is 6.42 Å². The maximum Gasteiger partial charge on any atom is 0.302 e. The van der Waals surface area contributed by atoms with Crippen LogP contribution in [0.1, 0.15) is 41.0 Å². The standard InChI is InChI=1S/C11H18O3.C2H6/c1-5-11(9(3)12)7-6-8(2)14-10(4)13;1-2/h5,7-9,12H,1,6H2,2-4H3;1-2H3/b11-7+;. The molecule has 0 aromatic heterocycles. The Bertz CT molecular complexity index is 229. The highest BCUT2D eigenvalue weighted by molar-refractivity contribution is 5.66. The van der Waals surface area contributed by atoms with Crippen molar-refractivity contribution in [1.82, 2.24) is 0 Å². The van der Waals surface area contributed by atoms with Crippen molar-refractivity contribution in [3.63, 3.8) is 0 Å². The second-order valence-electron chi connectivity index (χ2n) is 3.24. The Morgan fingerprint density at radius 3 is 2.25 bits per heavy atom. The molecule has 0 spiro atoms. The molecule has 0 bridgehead atoms. The molecule has 0 aromatic carbocycles. The zero-order valence-corrected chi connectivity index (χ0v) is 11.0.